The minimum Gasteiger partial charge on any atom is -0.362 e. The number of methoxy groups -OCH3 is 1. The summed E-state index contributed by atoms with van der Waals surface area (Å²) in [5.74, 6) is -0.242. The van der Waals surface area contributed by atoms with E-state index in [4.69, 9.17) is 4.74 Å². The molecule has 0 heterocycles. The highest BCUT2D eigenvalue weighted by atomic mass is 16.6. The van der Waals surface area contributed by atoms with Crippen molar-refractivity contribution in [2.75, 3.05) is 7.11 Å². The van der Waals surface area contributed by atoms with E-state index in [2.05, 4.69) is 18.2 Å². The Hall–Kier alpha value is -1.97. The molecule has 4 aliphatic carbocycles. The predicted octanol–water partition coefficient (Wildman–Crippen LogP) is 3.70. The van der Waals surface area contributed by atoms with Crippen LogP contribution in [0.3, 0.4) is 0 Å². The molecule has 0 aromatic heterocycles. The van der Waals surface area contributed by atoms with Gasteiger partial charge in [-0.05, 0) is 114 Å². The van der Waals surface area contributed by atoms with Gasteiger partial charge in [0.05, 0.1) is 0 Å². The van der Waals surface area contributed by atoms with Crippen LogP contribution in [0.4, 0.5) is 0 Å². The first-order chi connectivity index (χ1) is 14.1. The maximum Gasteiger partial charge on any atom is 0.219 e. The number of rotatable bonds is 3. The maximum atomic E-state index is 13.1. The Kier molecular flexibility index (Phi) is 3.86. The highest BCUT2D eigenvalue weighted by Crippen LogP contribution is 2.50. The van der Waals surface area contributed by atoms with Gasteiger partial charge >= 0.3 is 0 Å². The molecule has 2 aromatic rings. The molecular weight excluding hydrogens is 360 g/mol. The summed E-state index contributed by atoms with van der Waals surface area (Å²) in [6, 6.07) is 7.34. The molecule has 2 aromatic carbocycles. The summed E-state index contributed by atoms with van der Waals surface area (Å²) in [6.45, 7) is 0. The third-order valence-electron chi connectivity index (χ3n) is 7.96. The van der Waals surface area contributed by atoms with Gasteiger partial charge in [0.25, 0.3) is 0 Å². The van der Waals surface area contributed by atoms with Crippen LogP contribution in [-0.4, -0.2) is 24.3 Å². The average Bonchev–Trinajstić information content (AvgIpc) is 3.47. The standard InChI is InChI=1S/C26H28O3/c1-29-25(28)24(27)23-21-7-3-6-17(21)10-20-13-26(14-22(20)23)11-18-8-15-4-2-5-16(15)9-19(18)12-26/h8-10,25,28H,2-7,11-14H2,1H3. The lowest BCUT2D eigenvalue weighted by Gasteiger charge is -2.22. The molecule has 0 bridgehead atoms. The molecule has 0 radical (unpaired) electrons. The van der Waals surface area contributed by atoms with Crippen molar-refractivity contribution >= 4 is 5.78 Å². The first kappa shape index (κ1) is 17.9. The third kappa shape index (κ3) is 2.60. The van der Waals surface area contributed by atoms with Crippen molar-refractivity contribution in [1.29, 1.82) is 0 Å². The van der Waals surface area contributed by atoms with E-state index < -0.39 is 6.29 Å². The van der Waals surface area contributed by atoms with Crippen molar-refractivity contribution in [2.24, 2.45) is 5.41 Å². The molecule has 150 valence electrons. The number of aliphatic hydroxyl groups excluding tert-OH is 1. The van der Waals surface area contributed by atoms with E-state index in [0.29, 0.717) is 0 Å². The molecule has 3 heteroatoms. The number of ketones is 1. The molecule has 0 amide bonds. The fraction of sp³-hybridized carbons (Fsp3) is 0.500. The highest BCUT2D eigenvalue weighted by molar-refractivity contribution is 6.02. The number of carbonyl (C=O) groups excluding carboxylic acids is 1. The lowest BCUT2D eigenvalue weighted by atomic mass is 9.81. The summed E-state index contributed by atoms with van der Waals surface area (Å²) < 4.78 is 5.00. The van der Waals surface area contributed by atoms with Crippen LogP contribution >= 0.6 is 0 Å². The summed E-state index contributed by atoms with van der Waals surface area (Å²) in [6.07, 6.45) is 9.75. The van der Waals surface area contributed by atoms with Gasteiger partial charge in [0.2, 0.25) is 12.1 Å². The van der Waals surface area contributed by atoms with E-state index in [-0.39, 0.29) is 11.2 Å². The van der Waals surface area contributed by atoms with Crippen LogP contribution in [0.2, 0.25) is 0 Å². The van der Waals surface area contributed by atoms with E-state index in [1.54, 1.807) is 11.1 Å². The van der Waals surface area contributed by atoms with Gasteiger partial charge in [0, 0.05) is 12.7 Å². The number of aliphatic hydroxyl groups is 1. The van der Waals surface area contributed by atoms with Crippen molar-refractivity contribution in [3.63, 3.8) is 0 Å². The molecule has 3 nitrogen and oxygen atoms in total. The fourth-order valence-electron chi connectivity index (χ4n) is 6.76. The summed E-state index contributed by atoms with van der Waals surface area (Å²) in [7, 11) is 1.40. The van der Waals surface area contributed by atoms with E-state index in [0.717, 1.165) is 50.5 Å². The maximum absolute atomic E-state index is 13.1. The number of benzene rings is 2. The Morgan fingerprint density at radius 3 is 2.10 bits per heavy atom. The van der Waals surface area contributed by atoms with Crippen molar-refractivity contribution in [1.82, 2.24) is 0 Å². The fourth-order valence-corrected chi connectivity index (χ4v) is 6.76. The molecule has 1 spiro atoms. The van der Waals surface area contributed by atoms with Crippen LogP contribution in [0.25, 0.3) is 0 Å². The van der Waals surface area contributed by atoms with Gasteiger partial charge in [-0.2, -0.15) is 0 Å². The van der Waals surface area contributed by atoms with Crippen LogP contribution in [0.15, 0.2) is 18.2 Å². The van der Waals surface area contributed by atoms with Gasteiger partial charge < -0.3 is 9.84 Å². The van der Waals surface area contributed by atoms with Crippen LogP contribution in [0, 0.1) is 5.41 Å². The molecule has 4 aliphatic rings. The Labute approximate surface area is 172 Å². The van der Waals surface area contributed by atoms with Crippen molar-refractivity contribution in [3.05, 3.63) is 68.3 Å². The lowest BCUT2D eigenvalue weighted by molar-refractivity contribution is -0.0484. The molecule has 6 rings (SSSR count). The van der Waals surface area contributed by atoms with Crippen LogP contribution in [-0.2, 0) is 56.1 Å². The summed E-state index contributed by atoms with van der Waals surface area (Å²) >= 11 is 0. The zero-order valence-corrected chi connectivity index (χ0v) is 17.1. The number of aryl methyl sites for hydroxylation is 3. The SMILES string of the molecule is COC(O)C(=O)c1c2c(cc3c1CC1(Cc4cc5c(cc4C1)CCC5)C3)CCC2. The van der Waals surface area contributed by atoms with Gasteiger partial charge in [-0.1, -0.05) is 18.2 Å². The molecule has 0 saturated heterocycles. The van der Waals surface area contributed by atoms with Crippen LogP contribution < -0.4 is 0 Å². The highest BCUT2D eigenvalue weighted by Gasteiger charge is 2.45. The molecule has 1 N–H and O–H groups in total. The summed E-state index contributed by atoms with van der Waals surface area (Å²) in [5.41, 5.74) is 12.3. The zero-order valence-electron chi connectivity index (χ0n) is 17.1. The number of Topliss-reactive ketones (excluding diaryl/α,β-unsaturated/α-hetero) is 1. The summed E-state index contributed by atoms with van der Waals surface area (Å²) in [4.78, 5) is 13.1. The lowest BCUT2D eigenvalue weighted by Crippen LogP contribution is -2.26. The quantitative estimate of drug-likeness (QED) is 0.644. The normalized spacial score (nSPS) is 21.2. The van der Waals surface area contributed by atoms with Gasteiger partial charge in [-0.25, -0.2) is 0 Å². The van der Waals surface area contributed by atoms with Crippen molar-refractivity contribution in [3.8, 4) is 0 Å². The Bertz CT molecular complexity index is 1020. The van der Waals surface area contributed by atoms with Crippen molar-refractivity contribution in [2.45, 2.75) is 70.5 Å². The summed E-state index contributed by atoms with van der Waals surface area (Å²) in [5, 5.41) is 10.2. The zero-order chi connectivity index (χ0) is 19.8. The number of ether oxygens (including phenoxy) is 1. The number of carbonyl (C=O) groups is 1. The largest absolute Gasteiger partial charge is 0.362 e. The van der Waals surface area contributed by atoms with E-state index in [1.165, 1.54) is 59.8 Å². The monoisotopic (exact) mass is 388 g/mol. The Balaban J connectivity index is 1.40. The third-order valence-corrected chi connectivity index (χ3v) is 7.96. The number of fused-ring (bicyclic) bond motifs is 4. The molecule has 29 heavy (non-hydrogen) atoms. The average molecular weight is 389 g/mol. The van der Waals surface area contributed by atoms with E-state index >= 15 is 0 Å². The van der Waals surface area contributed by atoms with Gasteiger partial charge in [0.15, 0.2) is 0 Å². The van der Waals surface area contributed by atoms with Crippen LogP contribution in [0.5, 0.6) is 0 Å². The molecule has 1 atom stereocenters. The second-order valence-electron chi connectivity index (χ2n) is 9.78. The number of hydrogen-bond acceptors (Lipinski definition) is 3. The molecular formula is C26H28O3. The van der Waals surface area contributed by atoms with Gasteiger partial charge in [0.1, 0.15) is 0 Å². The second-order valence-corrected chi connectivity index (χ2v) is 9.78. The minimum absolute atomic E-state index is 0.210. The topological polar surface area (TPSA) is 46.5 Å². The minimum atomic E-state index is -1.36. The van der Waals surface area contributed by atoms with Gasteiger partial charge in [-0.15, -0.1) is 0 Å². The van der Waals surface area contributed by atoms with E-state index in [9.17, 15) is 9.90 Å². The first-order valence-corrected chi connectivity index (χ1v) is 11.1. The number of hydrogen-bond donors (Lipinski definition) is 1. The Morgan fingerprint density at radius 2 is 1.41 bits per heavy atom. The second kappa shape index (κ2) is 6.26. The van der Waals surface area contributed by atoms with Gasteiger partial charge in [-0.3, -0.25) is 4.79 Å². The van der Waals surface area contributed by atoms with E-state index in [1.807, 2.05) is 0 Å². The molecule has 0 fully saturated rings. The predicted molar refractivity (Wildman–Crippen MR) is 112 cm³/mol. The Morgan fingerprint density at radius 1 is 0.828 bits per heavy atom. The molecule has 0 saturated carbocycles. The smallest absolute Gasteiger partial charge is 0.219 e. The first-order valence-electron chi connectivity index (χ1n) is 11.1. The van der Waals surface area contributed by atoms with Crippen molar-refractivity contribution < 1.29 is 14.6 Å². The molecule has 0 aliphatic heterocycles. The molecule has 1 unspecified atom stereocenters. The van der Waals surface area contributed by atoms with Crippen LogP contribution in [0.1, 0.15) is 67.7 Å².